The van der Waals surface area contributed by atoms with E-state index < -0.39 is 62.6 Å². The molecule has 1 aliphatic carbocycles. The number of carbonyl (C=O) groups excluding carboxylic acids is 3. The Balaban J connectivity index is 1.45. The fourth-order valence-electron chi connectivity index (χ4n) is 5.62. The van der Waals surface area contributed by atoms with Crippen LogP contribution >= 0.6 is 11.8 Å². The number of carbonyl (C=O) groups is 3. The highest BCUT2D eigenvalue weighted by Gasteiger charge is 2.50. The molecular weight excluding hydrogens is 653 g/mol. The van der Waals surface area contributed by atoms with E-state index in [0.717, 1.165) is 22.3 Å². The predicted octanol–water partition coefficient (Wildman–Crippen LogP) is 4.80. The third kappa shape index (κ3) is 9.10. The van der Waals surface area contributed by atoms with Crippen molar-refractivity contribution >= 4 is 38.0 Å². The molecule has 0 unspecified atom stereocenters. The first-order valence-electron chi connectivity index (χ1n) is 16.0. The van der Waals surface area contributed by atoms with Crippen molar-refractivity contribution in [3.63, 3.8) is 0 Å². The first-order chi connectivity index (χ1) is 22.7. The summed E-state index contributed by atoms with van der Waals surface area (Å²) in [6.07, 6.45) is -3.13. The lowest BCUT2D eigenvalue weighted by molar-refractivity contribution is -0.156. The topological polar surface area (TPSA) is 198 Å². The minimum Gasteiger partial charge on any atom is -0.449 e. The Morgan fingerprint density at radius 1 is 1.10 bits per heavy atom. The second-order valence-corrected chi connectivity index (χ2v) is 19.5. The Hall–Kier alpha value is -3.59. The highest BCUT2D eigenvalue weighted by Crippen LogP contribution is 2.44. The SMILES string of the molecule is CC(C)(C)[Si](C)(C)O[C@H]1[C@@H](O)[C@@H](CN=[N+]=[N-])O[C@H](SCCCC(N)=O)[C@@H]1NC(=O)CNC(=O)OCC1c2ccccc2-c2ccccc21. The van der Waals surface area contributed by atoms with Gasteiger partial charge in [-0.15, -0.1) is 11.8 Å². The number of hydrogen-bond acceptors (Lipinski definition) is 9. The molecule has 1 heterocycles. The molecule has 5 N–H and O–H groups in total. The minimum absolute atomic E-state index is 0.100. The van der Waals surface area contributed by atoms with E-state index >= 15 is 0 Å². The molecule has 0 bridgehead atoms. The number of nitrogens with one attached hydrogen (secondary N) is 2. The van der Waals surface area contributed by atoms with Crippen LogP contribution in [0.1, 0.15) is 50.7 Å². The first-order valence-corrected chi connectivity index (χ1v) is 20.0. The molecule has 0 radical (unpaired) electrons. The van der Waals surface area contributed by atoms with Crippen LogP contribution in [-0.2, 0) is 23.5 Å². The fourth-order valence-corrected chi connectivity index (χ4v) is 8.14. The molecule has 0 spiro atoms. The standard InChI is InChI=1S/C33H46N6O7SSi/c1-33(2,3)48(4,5)46-30-28(31(47-16-10-15-26(34)40)45-25(29(30)42)17-37-39-35)38-27(41)18-36-32(43)44-19-24-22-13-8-6-11-20(22)21-12-7-9-14-23(21)24/h6-9,11-14,24-25,28-31,42H,10,15-19H2,1-5H3,(H2,34,40)(H,36,43)(H,38,41)/t25-,28-,29+,30-,31-/m1/s1. The lowest BCUT2D eigenvalue weighted by atomic mass is 9.97. The van der Waals surface area contributed by atoms with Crippen LogP contribution in [0.2, 0.25) is 18.1 Å². The van der Waals surface area contributed by atoms with Gasteiger partial charge in [0.1, 0.15) is 24.7 Å². The molecule has 1 aliphatic heterocycles. The summed E-state index contributed by atoms with van der Waals surface area (Å²) in [5, 5.41) is 20.3. The molecule has 2 aromatic carbocycles. The summed E-state index contributed by atoms with van der Waals surface area (Å²) in [6.45, 7) is 9.81. The number of primary amides is 1. The monoisotopic (exact) mass is 698 g/mol. The third-order valence-electron chi connectivity index (χ3n) is 9.15. The lowest BCUT2D eigenvalue weighted by Gasteiger charge is -2.49. The average molecular weight is 699 g/mol. The van der Waals surface area contributed by atoms with Gasteiger partial charge in [-0.2, -0.15) is 0 Å². The van der Waals surface area contributed by atoms with Crippen molar-refractivity contribution in [1.29, 1.82) is 0 Å². The van der Waals surface area contributed by atoms with Gasteiger partial charge in [-0.3, -0.25) is 9.59 Å². The number of hydrogen-bond donors (Lipinski definition) is 4. The van der Waals surface area contributed by atoms with Gasteiger partial charge in [-0.05, 0) is 58.1 Å². The number of fused-ring (bicyclic) bond motifs is 3. The van der Waals surface area contributed by atoms with Gasteiger partial charge in [-0.25, -0.2) is 4.79 Å². The number of aliphatic hydroxyl groups excluding tert-OH is 1. The van der Waals surface area contributed by atoms with Gasteiger partial charge in [0.2, 0.25) is 11.8 Å². The zero-order valence-electron chi connectivity index (χ0n) is 28.0. The number of benzene rings is 2. The van der Waals surface area contributed by atoms with Crippen LogP contribution in [0.25, 0.3) is 21.6 Å². The van der Waals surface area contributed by atoms with Crippen LogP contribution in [0.15, 0.2) is 53.6 Å². The van der Waals surface area contributed by atoms with Crippen LogP contribution in [0.5, 0.6) is 0 Å². The highest BCUT2D eigenvalue weighted by molar-refractivity contribution is 7.99. The maximum Gasteiger partial charge on any atom is 0.407 e. The summed E-state index contributed by atoms with van der Waals surface area (Å²) in [5.41, 5.74) is 17.9. The maximum absolute atomic E-state index is 13.3. The largest absolute Gasteiger partial charge is 0.449 e. The van der Waals surface area contributed by atoms with E-state index in [0.29, 0.717) is 12.2 Å². The number of nitrogens with two attached hydrogens (primary N) is 1. The van der Waals surface area contributed by atoms with Gasteiger partial charge >= 0.3 is 6.09 Å². The van der Waals surface area contributed by atoms with Crippen LogP contribution in [-0.4, -0.2) is 86.6 Å². The van der Waals surface area contributed by atoms with E-state index in [9.17, 15) is 19.5 Å². The van der Waals surface area contributed by atoms with Crippen molar-refractivity contribution in [3.05, 3.63) is 70.1 Å². The molecule has 0 saturated carbocycles. The summed E-state index contributed by atoms with van der Waals surface area (Å²) in [7, 11) is -2.51. The normalized spacial score (nSPS) is 22.2. The quantitative estimate of drug-likeness (QED) is 0.0709. The molecule has 2 aromatic rings. The van der Waals surface area contributed by atoms with E-state index in [1.165, 1.54) is 11.8 Å². The van der Waals surface area contributed by atoms with E-state index in [1.54, 1.807) is 0 Å². The van der Waals surface area contributed by atoms with Gasteiger partial charge < -0.3 is 35.4 Å². The second kappa shape index (κ2) is 16.2. The van der Waals surface area contributed by atoms with E-state index in [1.807, 2.05) is 49.5 Å². The highest BCUT2D eigenvalue weighted by atomic mass is 32.2. The summed E-state index contributed by atoms with van der Waals surface area (Å²) >= 11 is 1.33. The molecule has 15 heteroatoms. The van der Waals surface area contributed by atoms with E-state index in [4.69, 9.17) is 25.2 Å². The molecule has 4 rings (SSSR count). The van der Waals surface area contributed by atoms with Crippen molar-refractivity contribution < 1.29 is 33.4 Å². The number of ether oxygens (including phenoxy) is 2. The smallest absolute Gasteiger partial charge is 0.407 e. The summed E-state index contributed by atoms with van der Waals surface area (Å²) in [4.78, 5) is 40.3. The Bertz CT molecular complexity index is 1470. The van der Waals surface area contributed by atoms with Gasteiger partial charge in [0.05, 0.1) is 24.8 Å². The molecule has 260 valence electrons. The molecular formula is C33H46N6O7SSi. The zero-order valence-corrected chi connectivity index (χ0v) is 29.9. The molecule has 0 aromatic heterocycles. The Labute approximate surface area is 286 Å². The molecule has 13 nitrogen and oxygen atoms in total. The van der Waals surface area contributed by atoms with Crippen molar-refractivity contribution in [2.75, 3.05) is 25.4 Å². The molecule has 1 fully saturated rings. The van der Waals surface area contributed by atoms with Gasteiger partial charge in [0.15, 0.2) is 8.32 Å². The van der Waals surface area contributed by atoms with Crippen LogP contribution in [0.3, 0.4) is 0 Å². The number of nitrogens with zero attached hydrogens (tertiary/aromatic N) is 3. The summed E-state index contributed by atoms with van der Waals surface area (Å²) in [5.74, 6) is -0.629. The minimum atomic E-state index is -2.51. The number of amides is 3. The average Bonchev–Trinajstić information content (AvgIpc) is 3.35. The van der Waals surface area contributed by atoms with Gasteiger partial charge in [0, 0.05) is 17.3 Å². The molecule has 48 heavy (non-hydrogen) atoms. The molecule has 2 aliphatic rings. The summed E-state index contributed by atoms with van der Waals surface area (Å²) in [6, 6.07) is 15.2. The van der Waals surface area contributed by atoms with Crippen molar-refractivity contribution in [2.45, 2.75) is 87.5 Å². The second-order valence-electron chi connectivity index (χ2n) is 13.5. The Morgan fingerprint density at radius 2 is 1.73 bits per heavy atom. The number of thioether (sulfide) groups is 1. The van der Waals surface area contributed by atoms with E-state index in [-0.39, 0.29) is 30.5 Å². The lowest BCUT2D eigenvalue weighted by Crippen LogP contribution is -2.67. The first kappa shape index (κ1) is 37.2. The molecule has 3 amide bonds. The van der Waals surface area contributed by atoms with Crippen LogP contribution in [0, 0.1) is 0 Å². The predicted molar refractivity (Wildman–Crippen MR) is 187 cm³/mol. The van der Waals surface area contributed by atoms with Gasteiger partial charge in [0.25, 0.3) is 0 Å². The number of azide groups is 1. The van der Waals surface area contributed by atoms with E-state index in [2.05, 4.69) is 53.6 Å². The summed E-state index contributed by atoms with van der Waals surface area (Å²) < 4.78 is 18.4. The van der Waals surface area contributed by atoms with Crippen molar-refractivity contribution in [1.82, 2.24) is 10.6 Å². The number of aliphatic hydroxyl groups is 1. The maximum atomic E-state index is 13.3. The molecule has 5 atom stereocenters. The number of rotatable bonds is 14. The Morgan fingerprint density at radius 3 is 2.31 bits per heavy atom. The van der Waals surface area contributed by atoms with Crippen LogP contribution < -0.4 is 16.4 Å². The number of alkyl carbamates (subject to hydrolysis) is 1. The molecule has 1 saturated heterocycles. The van der Waals surface area contributed by atoms with Crippen molar-refractivity contribution in [3.8, 4) is 11.1 Å². The van der Waals surface area contributed by atoms with Crippen molar-refractivity contribution in [2.24, 2.45) is 10.8 Å². The zero-order chi connectivity index (χ0) is 35.1. The fraction of sp³-hybridized carbons (Fsp3) is 0.545. The Kier molecular flexibility index (Phi) is 12.6. The third-order valence-corrected chi connectivity index (χ3v) is 14.9. The van der Waals surface area contributed by atoms with Crippen LogP contribution in [0.4, 0.5) is 4.79 Å². The van der Waals surface area contributed by atoms with Gasteiger partial charge in [-0.1, -0.05) is 74.4 Å².